The fourth-order valence-electron chi connectivity index (χ4n) is 3.67. The topological polar surface area (TPSA) is 50.8 Å². The van der Waals surface area contributed by atoms with E-state index in [9.17, 15) is 4.79 Å². The summed E-state index contributed by atoms with van der Waals surface area (Å²) in [5.41, 5.74) is 3.36. The molecule has 150 valence electrons. The molecule has 5 heteroatoms. The minimum Gasteiger partial charge on any atom is -0.493 e. The lowest BCUT2D eigenvalue weighted by Gasteiger charge is -2.37. The van der Waals surface area contributed by atoms with E-state index in [0.717, 1.165) is 12.1 Å². The van der Waals surface area contributed by atoms with Crippen molar-refractivity contribution in [2.45, 2.75) is 51.9 Å². The molecule has 3 rings (SSSR count). The lowest BCUT2D eigenvalue weighted by atomic mass is 9.92. The van der Waals surface area contributed by atoms with Gasteiger partial charge in [0.2, 0.25) is 5.91 Å². The van der Waals surface area contributed by atoms with Crippen molar-refractivity contribution in [1.29, 1.82) is 0 Å². The number of rotatable bonds is 5. The van der Waals surface area contributed by atoms with Gasteiger partial charge in [0.25, 0.3) is 0 Å². The van der Waals surface area contributed by atoms with E-state index in [1.54, 1.807) is 14.2 Å². The number of carbonyl (C=O) groups is 1. The first-order valence-corrected chi connectivity index (χ1v) is 9.64. The average Bonchev–Trinajstić information content (AvgIpc) is 2.66. The Morgan fingerprint density at radius 3 is 2.39 bits per heavy atom. The average molecular weight is 383 g/mol. The van der Waals surface area contributed by atoms with Crippen LogP contribution in [0.2, 0.25) is 0 Å². The Kier molecular flexibility index (Phi) is 5.94. The van der Waals surface area contributed by atoms with Crippen molar-refractivity contribution in [3.05, 3.63) is 59.2 Å². The highest BCUT2D eigenvalue weighted by atomic mass is 16.5. The monoisotopic (exact) mass is 382 g/mol. The van der Waals surface area contributed by atoms with E-state index in [2.05, 4.69) is 28.4 Å². The zero-order chi connectivity index (χ0) is 20.3. The first-order valence-electron chi connectivity index (χ1n) is 9.64. The minimum absolute atomic E-state index is 0.0717. The molecule has 0 spiro atoms. The van der Waals surface area contributed by atoms with Crippen LogP contribution in [0.25, 0.3) is 0 Å². The molecule has 0 saturated heterocycles. The molecule has 28 heavy (non-hydrogen) atoms. The van der Waals surface area contributed by atoms with Crippen molar-refractivity contribution in [3.8, 4) is 11.5 Å². The maximum Gasteiger partial charge on any atom is 0.238 e. The second-order valence-electron chi connectivity index (χ2n) is 8.32. The molecule has 0 aromatic heterocycles. The molecule has 1 unspecified atom stereocenters. The van der Waals surface area contributed by atoms with Gasteiger partial charge in [-0.1, -0.05) is 30.3 Å². The maximum absolute atomic E-state index is 13.1. The highest BCUT2D eigenvalue weighted by Crippen LogP contribution is 2.30. The van der Waals surface area contributed by atoms with Crippen LogP contribution in [0.3, 0.4) is 0 Å². The van der Waals surface area contributed by atoms with Crippen LogP contribution in [-0.4, -0.2) is 36.6 Å². The number of fused-ring (bicyclic) bond motifs is 1. The fourth-order valence-corrected chi connectivity index (χ4v) is 3.67. The van der Waals surface area contributed by atoms with Gasteiger partial charge in [0.05, 0.1) is 20.3 Å². The number of nitrogens with zero attached hydrogens (tertiary/aromatic N) is 1. The van der Waals surface area contributed by atoms with Gasteiger partial charge in [-0.25, -0.2) is 0 Å². The molecular formula is C23H30N2O3. The summed E-state index contributed by atoms with van der Waals surface area (Å²) in [4.78, 5) is 15.3. The van der Waals surface area contributed by atoms with Crippen molar-refractivity contribution < 1.29 is 14.3 Å². The molecule has 1 heterocycles. The summed E-state index contributed by atoms with van der Waals surface area (Å²) in [6.07, 6.45) is 0.714. The van der Waals surface area contributed by atoms with E-state index >= 15 is 0 Å². The van der Waals surface area contributed by atoms with Crippen molar-refractivity contribution in [2.24, 2.45) is 0 Å². The van der Waals surface area contributed by atoms with Crippen LogP contribution in [0.1, 0.15) is 37.5 Å². The van der Waals surface area contributed by atoms with Gasteiger partial charge >= 0.3 is 0 Å². The number of carbonyl (C=O) groups excluding carboxylic acids is 1. The largest absolute Gasteiger partial charge is 0.493 e. The first kappa shape index (κ1) is 20.2. The maximum atomic E-state index is 13.1. The number of amides is 1. The zero-order valence-corrected chi connectivity index (χ0v) is 17.4. The second kappa shape index (κ2) is 8.23. The number of methoxy groups -OCH3 is 2. The van der Waals surface area contributed by atoms with Crippen molar-refractivity contribution >= 4 is 5.91 Å². The van der Waals surface area contributed by atoms with Gasteiger partial charge < -0.3 is 14.8 Å². The summed E-state index contributed by atoms with van der Waals surface area (Å²) < 4.78 is 10.8. The summed E-state index contributed by atoms with van der Waals surface area (Å²) in [6, 6.07) is 14.1. The summed E-state index contributed by atoms with van der Waals surface area (Å²) in [5.74, 6) is 1.48. The Hall–Kier alpha value is -2.53. The second-order valence-corrected chi connectivity index (χ2v) is 8.32. The number of benzene rings is 2. The van der Waals surface area contributed by atoms with Crippen LogP contribution in [0, 0.1) is 0 Å². The van der Waals surface area contributed by atoms with Crippen LogP contribution in [0.15, 0.2) is 42.5 Å². The van der Waals surface area contributed by atoms with Crippen molar-refractivity contribution in [3.63, 3.8) is 0 Å². The smallest absolute Gasteiger partial charge is 0.238 e. The predicted octanol–water partition coefficient (Wildman–Crippen LogP) is 3.55. The van der Waals surface area contributed by atoms with E-state index in [4.69, 9.17) is 9.47 Å². The quantitative estimate of drug-likeness (QED) is 0.859. The lowest BCUT2D eigenvalue weighted by molar-refractivity contribution is -0.128. The van der Waals surface area contributed by atoms with Crippen molar-refractivity contribution in [1.82, 2.24) is 10.2 Å². The summed E-state index contributed by atoms with van der Waals surface area (Å²) >= 11 is 0. The van der Waals surface area contributed by atoms with Gasteiger partial charge in [-0.3, -0.25) is 9.69 Å². The van der Waals surface area contributed by atoms with Gasteiger partial charge in [-0.15, -0.1) is 0 Å². The van der Waals surface area contributed by atoms with Gasteiger partial charge in [-0.2, -0.15) is 0 Å². The van der Waals surface area contributed by atoms with Gasteiger partial charge in [0.1, 0.15) is 0 Å². The van der Waals surface area contributed by atoms with Crippen LogP contribution in [0.5, 0.6) is 11.5 Å². The first-order chi connectivity index (χ1) is 13.3. The SMILES string of the molecule is COc1ccc(CN2Cc3ccccc3CC2C(=O)NC(C)(C)C)cc1OC. The standard InChI is InChI=1S/C23H30N2O3/c1-23(2,3)24-22(26)19-13-17-8-6-7-9-18(17)15-25(19)14-16-10-11-20(27-4)21(12-16)28-5/h6-12,19H,13-15H2,1-5H3,(H,24,26). The lowest BCUT2D eigenvalue weighted by Crippen LogP contribution is -2.54. The predicted molar refractivity (Wildman–Crippen MR) is 111 cm³/mol. The highest BCUT2D eigenvalue weighted by molar-refractivity contribution is 5.83. The van der Waals surface area contributed by atoms with E-state index in [1.165, 1.54) is 11.1 Å². The molecule has 2 aromatic carbocycles. The molecule has 1 aliphatic rings. The molecule has 0 saturated carbocycles. The molecule has 5 nitrogen and oxygen atoms in total. The van der Waals surface area contributed by atoms with Crippen LogP contribution in [-0.2, 0) is 24.3 Å². The van der Waals surface area contributed by atoms with Crippen LogP contribution in [0.4, 0.5) is 0 Å². The Morgan fingerprint density at radius 1 is 1.07 bits per heavy atom. The van der Waals surface area contributed by atoms with E-state index in [1.807, 2.05) is 45.0 Å². The third kappa shape index (κ3) is 4.65. The molecule has 0 fully saturated rings. The number of ether oxygens (including phenoxy) is 2. The molecule has 0 bridgehead atoms. The molecule has 0 aliphatic carbocycles. The van der Waals surface area contributed by atoms with E-state index < -0.39 is 0 Å². The summed E-state index contributed by atoms with van der Waals surface area (Å²) in [7, 11) is 3.27. The van der Waals surface area contributed by atoms with E-state index in [0.29, 0.717) is 24.5 Å². The number of hydrogen-bond acceptors (Lipinski definition) is 4. The third-order valence-electron chi connectivity index (χ3n) is 4.98. The zero-order valence-electron chi connectivity index (χ0n) is 17.4. The van der Waals surface area contributed by atoms with E-state index in [-0.39, 0.29) is 17.5 Å². The summed E-state index contributed by atoms with van der Waals surface area (Å²) in [5, 5.41) is 3.15. The highest BCUT2D eigenvalue weighted by Gasteiger charge is 2.33. The normalized spacial score (nSPS) is 17.0. The Morgan fingerprint density at radius 2 is 1.75 bits per heavy atom. The van der Waals surface area contributed by atoms with Gasteiger partial charge in [0.15, 0.2) is 11.5 Å². The molecular weight excluding hydrogens is 352 g/mol. The minimum atomic E-state index is -0.261. The van der Waals surface area contributed by atoms with Crippen molar-refractivity contribution in [2.75, 3.05) is 14.2 Å². The number of nitrogens with one attached hydrogen (secondary N) is 1. The fraction of sp³-hybridized carbons (Fsp3) is 0.435. The summed E-state index contributed by atoms with van der Waals surface area (Å²) in [6.45, 7) is 7.45. The molecule has 1 N–H and O–H groups in total. The van der Waals surface area contributed by atoms with Gasteiger partial charge in [0, 0.05) is 18.6 Å². The Bertz CT molecular complexity index is 842. The molecule has 1 atom stereocenters. The number of hydrogen-bond donors (Lipinski definition) is 1. The molecule has 2 aromatic rings. The molecule has 1 amide bonds. The molecule has 0 radical (unpaired) electrons. The molecule has 1 aliphatic heterocycles. The Labute approximate surface area is 167 Å². The van der Waals surface area contributed by atoms with Crippen LogP contribution >= 0.6 is 0 Å². The van der Waals surface area contributed by atoms with Crippen LogP contribution < -0.4 is 14.8 Å². The Balaban J connectivity index is 1.88. The third-order valence-corrected chi connectivity index (χ3v) is 4.98. The van der Waals surface area contributed by atoms with Gasteiger partial charge in [-0.05, 0) is 56.0 Å².